The Kier molecular flexibility index (Phi) is 6.96. The lowest BCUT2D eigenvalue weighted by Gasteiger charge is -2.16. The molecule has 0 fully saturated rings. The van der Waals surface area contributed by atoms with Crippen molar-refractivity contribution in [1.82, 2.24) is 0 Å². The van der Waals surface area contributed by atoms with Crippen LogP contribution >= 0.6 is 11.8 Å². The van der Waals surface area contributed by atoms with Gasteiger partial charge in [0.1, 0.15) is 17.4 Å². The van der Waals surface area contributed by atoms with Crippen molar-refractivity contribution in [2.75, 3.05) is 12.0 Å². The Morgan fingerprint density at radius 1 is 1.45 bits per heavy atom. The molecule has 0 aliphatic carbocycles. The van der Waals surface area contributed by atoms with Crippen LogP contribution in [0.2, 0.25) is 0 Å². The first-order chi connectivity index (χ1) is 9.58. The molecule has 0 saturated carbocycles. The summed E-state index contributed by atoms with van der Waals surface area (Å²) >= 11 is 1.70. The van der Waals surface area contributed by atoms with Crippen molar-refractivity contribution in [3.63, 3.8) is 0 Å². The highest BCUT2D eigenvalue weighted by Gasteiger charge is 2.24. The molecular formula is C15H19NO3S. The number of phenolic OH excluding ortho intramolecular Hbond substituents is 1. The van der Waals surface area contributed by atoms with Gasteiger partial charge in [-0.25, -0.2) is 0 Å². The summed E-state index contributed by atoms with van der Waals surface area (Å²) in [6, 6.07) is 8.23. The SMILES string of the molecule is CSCCCC(C#N)C(=O)C(C)Oc1ccc(O)cc1. The number of ether oxygens (including phenoxy) is 1. The highest BCUT2D eigenvalue weighted by molar-refractivity contribution is 7.98. The van der Waals surface area contributed by atoms with E-state index in [1.165, 1.54) is 12.1 Å². The van der Waals surface area contributed by atoms with Gasteiger partial charge in [-0.1, -0.05) is 0 Å². The molecule has 0 bridgehead atoms. The maximum Gasteiger partial charge on any atom is 0.190 e. The van der Waals surface area contributed by atoms with Gasteiger partial charge in [0.05, 0.1) is 6.07 Å². The van der Waals surface area contributed by atoms with Gasteiger partial charge < -0.3 is 9.84 Å². The fourth-order valence-electron chi connectivity index (χ4n) is 1.77. The molecule has 4 nitrogen and oxygen atoms in total. The van der Waals surface area contributed by atoms with E-state index in [4.69, 9.17) is 10.00 Å². The van der Waals surface area contributed by atoms with Gasteiger partial charge in [0, 0.05) is 0 Å². The van der Waals surface area contributed by atoms with E-state index in [0.29, 0.717) is 12.2 Å². The number of nitrogens with zero attached hydrogens (tertiary/aromatic N) is 1. The van der Waals surface area contributed by atoms with Gasteiger partial charge in [-0.3, -0.25) is 4.79 Å². The van der Waals surface area contributed by atoms with Crippen molar-refractivity contribution in [3.05, 3.63) is 24.3 Å². The predicted octanol–water partition coefficient (Wildman–Crippen LogP) is 3.01. The number of phenols is 1. The molecular weight excluding hydrogens is 274 g/mol. The van der Waals surface area contributed by atoms with Crippen molar-refractivity contribution in [2.45, 2.75) is 25.9 Å². The van der Waals surface area contributed by atoms with Gasteiger partial charge >= 0.3 is 0 Å². The second-order valence-corrected chi connectivity index (χ2v) is 5.46. The van der Waals surface area contributed by atoms with Crippen LogP contribution < -0.4 is 4.74 Å². The first kappa shape index (κ1) is 16.4. The quantitative estimate of drug-likeness (QED) is 0.746. The Balaban J connectivity index is 2.56. The smallest absolute Gasteiger partial charge is 0.190 e. The van der Waals surface area contributed by atoms with E-state index in [1.54, 1.807) is 30.8 Å². The van der Waals surface area contributed by atoms with Gasteiger partial charge in [0.2, 0.25) is 0 Å². The Morgan fingerprint density at radius 3 is 2.65 bits per heavy atom. The summed E-state index contributed by atoms with van der Waals surface area (Å²) in [7, 11) is 0. The van der Waals surface area contributed by atoms with Crippen LogP contribution in [0.4, 0.5) is 0 Å². The second-order valence-electron chi connectivity index (χ2n) is 4.47. The predicted molar refractivity (Wildman–Crippen MR) is 79.9 cm³/mol. The fraction of sp³-hybridized carbons (Fsp3) is 0.467. The van der Waals surface area contributed by atoms with E-state index in [2.05, 4.69) is 6.07 Å². The monoisotopic (exact) mass is 293 g/mol. The van der Waals surface area contributed by atoms with Crippen molar-refractivity contribution in [1.29, 1.82) is 5.26 Å². The molecule has 0 spiro atoms. The van der Waals surface area contributed by atoms with Gasteiger partial charge in [0.15, 0.2) is 11.9 Å². The largest absolute Gasteiger partial charge is 0.508 e. The lowest BCUT2D eigenvalue weighted by atomic mass is 9.97. The minimum atomic E-state index is -0.668. The van der Waals surface area contributed by atoms with Crippen LogP contribution in [0.25, 0.3) is 0 Å². The van der Waals surface area contributed by atoms with Crippen LogP contribution in [0.1, 0.15) is 19.8 Å². The van der Waals surface area contributed by atoms with Gasteiger partial charge in [-0.05, 0) is 56.0 Å². The van der Waals surface area contributed by atoms with E-state index >= 15 is 0 Å². The molecule has 1 N–H and O–H groups in total. The zero-order valence-electron chi connectivity index (χ0n) is 11.7. The van der Waals surface area contributed by atoms with Crippen molar-refractivity contribution >= 4 is 17.5 Å². The minimum absolute atomic E-state index is 0.142. The maximum absolute atomic E-state index is 12.1. The van der Waals surface area contributed by atoms with E-state index in [9.17, 15) is 9.90 Å². The number of hydrogen-bond acceptors (Lipinski definition) is 5. The Labute approximate surface area is 123 Å². The Bertz CT molecular complexity index is 467. The molecule has 1 aromatic carbocycles. The molecule has 0 aliphatic rings. The maximum atomic E-state index is 12.1. The molecule has 108 valence electrons. The lowest BCUT2D eigenvalue weighted by molar-refractivity contribution is -0.127. The molecule has 2 unspecified atom stereocenters. The molecule has 0 radical (unpaired) electrons. The molecule has 0 heterocycles. The van der Waals surface area contributed by atoms with Crippen LogP contribution in [0, 0.1) is 17.2 Å². The van der Waals surface area contributed by atoms with E-state index in [0.717, 1.165) is 12.2 Å². The number of carbonyl (C=O) groups is 1. The molecule has 0 aliphatic heterocycles. The zero-order valence-corrected chi connectivity index (χ0v) is 12.5. The molecule has 1 rings (SSSR count). The summed E-state index contributed by atoms with van der Waals surface area (Å²) in [5.41, 5.74) is 0. The number of nitriles is 1. The van der Waals surface area contributed by atoms with Crippen molar-refractivity contribution in [3.8, 4) is 17.6 Å². The third-order valence-electron chi connectivity index (χ3n) is 2.89. The molecule has 20 heavy (non-hydrogen) atoms. The van der Waals surface area contributed by atoms with Crippen LogP contribution in [-0.4, -0.2) is 29.0 Å². The number of benzene rings is 1. The summed E-state index contributed by atoms with van der Waals surface area (Å²) in [5.74, 6) is 0.780. The summed E-state index contributed by atoms with van der Waals surface area (Å²) in [4.78, 5) is 12.1. The minimum Gasteiger partial charge on any atom is -0.508 e. The van der Waals surface area contributed by atoms with Gasteiger partial charge in [-0.15, -0.1) is 0 Å². The number of ketones is 1. The van der Waals surface area contributed by atoms with Crippen molar-refractivity contribution in [2.24, 2.45) is 5.92 Å². The molecule has 5 heteroatoms. The van der Waals surface area contributed by atoms with Crippen LogP contribution in [0.5, 0.6) is 11.5 Å². The van der Waals surface area contributed by atoms with E-state index in [1.807, 2.05) is 6.26 Å². The molecule has 1 aromatic rings. The highest BCUT2D eigenvalue weighted by Crippen LogP contribution is 2.19. The summed E-state index contributed by atoms with van der Waals surface area (Å²) in [5, 5.41) is 18.3. The number of Topliss-reactive ketones (excluding diaryl/α,β-unsaturated/α-hetero) is 1. The third kappa shape index (κ3) is 5.14. The number of rotatable bonds is 8. The number of hydrogen-bond donors (Lipinski definition) is 1. The fourth-order valence-corrected chi connectivity index (χ4v) is 2.23. The standard InChI is InChI=1S/C15H19NO3S/c1-11(19-14-7-5-13(17)6-8-14)15(18)12(10-16)4-3-9-20-2/h5-8,11-12,17H,3-4,9H2,1-2H3. The zero-order chi connectivity index (χ0) is 15.0. The highest BCUT2D eigenvalue weighted by atomic mass is 32.2. The summed E-state index contributed by atoms with van der Waals surface area (Å²) < 4.78 is 5.50. The summed E-state index contributed by atoms with van der Waals surface area (Å²) in [6.07, 6.45) is 2.74. The van der Waals surface area contributed by atoms with Crippen LogP contribution in [0.15, 0.2) is 24.3 Å². The average molecular weight is 293 g/mol. The van der Waals surface area contributed by atoms with E-state index < -0.39 is 12.0 Å². The Morgan fingerprint density at radius 2 is 2.10 bits per heavy atom. The van der Waals surface area contributed by atoms with E-state index in [-0.39, 0.29) is 11.5 Å². The van der Waals surface area contributed by atoms with Crippen LogP contribution in [-0.2, 0) is 4.79 Å². The second kappa shape index (κ2) is 8.49. The van der Waals surface area contributed by atoms with Crippen molar-refractivity contribution < 1.29 is 14.6 Å². The molecule has 2 atom stereocenters. The van der Waals surface area contributed by atoms with Crippen LogP contribution in [0.3, 0.4) is 0 Å². The molecule has 0 saturated heterocycles. The third-order valence-corrected chi connectivity index (χ3v) is 3.59. The van der Waals surface area contributed by atoms with Gasteiger partial charge in [-0.2, -0.15) is 17.0 Å². The number of carbonyl (C=O) groups excluding carboxylic acids is 1. The Hall–Kier alpha value is -1.67. The number of aromatic hydroxyl groups is 1. The summed E-state index contributed by atoms with van der Waals surface area (Å²) in [6.45, 7) is 1.65. The topological polar surface area (TPSA) is 70.3 Å². The van der Waals surface area contributed by atoms with Gasteiger partial charge in [0.25, 0.3) is 0 Å². The lowest BCUT2D eigenvalue weighted by Crippen LogP contribution is -2.30. The average Bonchev–Trinajstić information content (AvgIpc) is 2.45. The first-order valence-electron chi connectivity index (χ1n) is 6.46. The molecule has 0 amide bonds. The normalized spacial score (nSPS) is 13.2. The number of thioether (sulfide) groups is 1. The first-order valence-corrected chi connectivity index (χ1v) is 7.85. The molecule has 0 aromatic heterocycles.